The number of aromatic nitrogens is 1. The Morgan fingerprint density at radius 1 is 1.20 bits per heavy atom. The Morgan fingerprint density at radius 2 is 1.92 bits per heavy atom. The number of anilines is 1. The number of rotatable bonds is 4. The van der Waals surface area contributed by atoms with Gasteiger partial charge >= 0.3 is 0 Å². The van der Waals surface area contributed by atoms with E-state index in [1.165, 1.54) is 0 Å². The molecule has 0 fully saturated rings. The van der Waals surface area contributed by atoms with Gasteiger partial charge in [0.2, 0.25) is 5.91 Å². The minimum Gasteiger partial charge on any atom is -0.497 e. The molecule has 0 saturated heterocycles. The fraction of sp³-hybridized carbons (Fsp3) is 0.200. The van der Waals surface area contributed by atoms with Crippen molar-refractivity contribution in [3.05, 3.63) is 59.8 Å². The number of nitriles is 1. The third-order valence-electron chi connectivity index (χ3n) is 4.40. The predicted octanol–water partition coefficient (Wildman–Crippen LogP) is 3.96. The van der Waals surface area contributed by atoms with Gasteiger partial charge in [-0.25, -0.2) is 0 Å². The van der Waals surface area contributed by atoms with E-state index in [-0.39, 0.29) is 5.91 Å². The number of benzene rings is 2. The molecule has 3 rings (SSSR count). The molecule has 126 valence electrons. The molecule has 3 aromatic rings. The van der Waals surface area contributed by atoms with E-state index < -0.39 is 5.41 Å². The summed E-state index contributed by atoms with van der Waals surface area (Å²) in [4.78, 5) is 16.1. The molecule has 0 atom stereocenters. The van der Waals surface area contributed by atoms with Crippen LogP contribution in [0.2, 0.25) is 0 Å². The minimum absolute atomic E-state index is 0.124. The van der Waals surface area contributed by atoms with Crippen molar-refractivity contribution in [2.45, 2.75) is 19.3 Å². The lowest BCUT2D eigenvalue weighted by atomic mass is 9.83. The average molecular weight is 333 g/mol. The summed E-state index contributed by atoms with van der Waals surface area (Å²) >= 11 is 0. The molecule has 1 aromatic heterocycles. The van der Waals surface area contributed by atoms with Gasteiger partial charge in [0.1, 0.15) is 5.75 Å². The molecule has 5 heteroatoms. The van der Waals surface area contributed by atoms with Gasteiger partial charge in [0, 0.05) is 22.8 Å². The predicted molar refractivity (Wildman–Crippen MR) is 97.7 cm³/mol. The number of H-pyrrole nitrogens is 1. The van der Waals surface area contributed by atoms with Gasteiger partial charge in [0.25, 0.3) is 0 Å². The van der Waals surface area contributed by atoms with Gasteiger partial charge in [0.15, 0.2) is 0 Å². The molecule has 0 aliphatic rings. The topological polar surface area (TPSA) is 77.9 Å². The zero-order valence-corrected chi connectivity index (χ0v) is 14.4. The molecule has 0 spiro atoms. The van der Waals surface area contributed by atoms with Gasteiger partial charge in [-0.3, -0.25) is 4.79 Å². The maximum atomic E-state index is 12.9. The van der Waals surface area contributed by atoms with E-state index in [9.17, 15) is 4.79 Å². The molecule has 0 aliphatic heterocycles. The van der Waals surface area contributed by atoms with Crippen molar-refractivity contribution in [2.24, 2.45) is 0 Å². The van der Waals surface area contributed by atoms with Crippen LogP contribution < -0.4 is 10.1 Å². The van der Waals surface area contributed by atoms with E-state index in [0.717, 1.165) is 22.2 Å². The average Bonchev–Trinajstić information content (AvgIpc) is 3.06. The summed E-state index contributed by atoms with van der Waals surface area (Å²) in [5, 5.41) is 12.7. The van der Waals surface area contributed by atoms with Crippen LogP contribution in [0.3, 0.4) is 0 Å². The van der Waals surface area contributed by atoms with Crippen LogP contribution >= 0.6 is 0 Å². The van der Waals surface area contributed by atoms with Crippen molar-refractivity contribution in [1.29, 1.82) is 5.26 Å². The maximum Gasteiger partial charge on any atom is 0.234 e. The summed E-state index contributed by atoms with van der Waals surface area (Å²) in [5.74, 6) is 0.623. The number of carbonyl (C=O) groups excluding carboxylic acids is 1. The van der Waals surface area contributed by atoms with Gasteiger partial charge in [-0.1, -0.05) is 0 Å². The molecule has 2 N–H and O–H groups in total. The second kappa shape index (κ2) is 6.33. The number of nitrogens with one attached hydrogen (secondary N) is 2. The van der Waals surface area contributed by atoms with Crippen LogP contribution in [0.25, 0.3) is 10.9 Å². The largest absolute Gasteiger partial charge is 0.497 e. The third-order valence-corrected chi connectivity index (χ3v) is 4.40. The molecule has 25 heavy (non-hydrogen) atoms. The Bertz CT molecular complexity index is 963. The first kappa shape index (κ1) is 16.6. The summed E-state index contributed by atoms with van der Waals surface area (Å²) in [7, 11) is 1.62. The highest BCUT2D eigenvalue weighted by atomic mass is 16.5. The van der Waals surface area contributed by atoms with Crippen molar-refractivity contribution in [3.8, 4) is 11.8 Å². The fourth-order valence-corrected chi connectivity index (χ4v) is 2.78. The Morgan fingerprint density at radius 3 is 2.56 bits per heavy atom. The summed E-state index contributed by atoms with van der Waals surface area (Å²) in [6.45, 7) is 3.77. The number of hydrogen-bond donors (Lipinski definition) is 2. The Hall–Kier alpha value is -3.26. The van der Waals surface area contributed by atoms with Gasteiger partial charge in [0.05, 0.1) is 24.2 Å². The molecule has 1 heterocycles. The summed E-state index contributed by atoms with van der Waals surface area (Å²) in [6, 6.07) is 14.6. The van der Waals surface area contributed by atoms with Crippen LogP contribution in [0, 0.1) is 11.3 Å². The van der Waals surface area contributed by atoms with Crippen molar-refractivity contribution in [2.75, 3.05) is 12.4 Å². The summed E-state index contributed by atoms with van der Waals surface area (Å²) in [5.41, 5.74) is 2.32. The third kappa shape index (κ3) is 3.07. The van der Waals surface area contributed by atoms with E-state index in [1.807, 2.05) is 38.2 Å². The molecule has 0 radical (unpaired) electrons. The molecule has 2 aromatic carbocycles. The van der Waals surface area contributed by atoms with Gasteiger partial charge in [-0.05, 0) is 61.9 Å². The number of hydrogen-bond acceptors (Lipinski definition) is 3. The molecular formula is C20H19N3O2. The number of amides is 1. The van der Waals surface area contributed by atoms with E-state index >= 15 is 0 Å². The second-order valence-electron chi connectivity index (χ2n) is 6.38. The quantitative estimate of drug-likeness (QED) is 0.758. The van der Waals surface area contributed by atoms with Crippen LogP contribution in [-0.4, -0.2) is 18.0 Å². The highest BCUT2D eigenvalue weighted by Gasteiger charge is 2.32. The maximum absolute atomic E-state index is 12.9. The lowest BCUT2D eigenvalue weighted by Crippen LogP contribution is -2.34. The molecule has 0 saturated carbocycles. The van der Waals surface area contributed by atoms with Crippen molar-refractivity contribution < 1.29 is 9.53 Å². The fourth-order valence-electron chi connectivity index (χ4n) is 2.78. The first-order chi connectivity index (χ1) is 12.0. The molecule has 0 bridgehead atoms. The number of aromatic amines is 1. The SMILES string of the molecule is COc1ccc2[nH]cc(C(C)(C)C(=O)Nc3ccc(C#N)cc3)c2c1. The minimum atomic E-state index is -0.751. The number of carbonyl (C=O) groups is 1. The molecule has 5 nitrogen and oxygen atoms in total. The lowest BCUT2D eigenvalue weighted by Gasteiger charge is -2.23. The van der Waals surface area contributed by atoms with E-state index in [1.54, 1.807) is 31.4 Å². The molecular weight excluding hydrogens is 314 g/mol. The lowest BCUT2D eigenvalue weighted by molar-refractivity contribution is -0.120. The van der Waals surface area contributed by atoms with E-state index in [2.05, 4.69) is 16.4 Å². The van der Waals surface area contributed by atoms with Gasteiger partial charge in [-0.2, -0.15) is 5.26 Å². The Kier molecular flexibility index (Phi) is 4.20. The summed E-state index contributed by atoms with van der Waals surface area (Å²) < 4.78 is 5.30. The van der Waals surface area contributed by atoms with Crippen LogP contribution in [0.1, 0.15) is 25.0 Å². The highest BCUT2D eigenvalue weighted by molar-refractivity contribution is 6.02. The van der Waals surface area contributed by atoms with Crippen LogP contribution in [0.4, 0.5) is 5.69 Å². The Balaban J connectivity index is 1.92. The zero-order valence-electron chi connectivity index (χ0n) is 14.4. The van der Waals surface area contributed by atoms with Crippen LogP contribution in [-0.2, 0) is 10.2 Å². The standard InChI is InChI=1S/C20H19N3O2/c1-20(2,19(24)23-14-6-4-13(11-21)5-7-14)17-12-22-18-9-8-15(25-3)10-16(17)18/h4-10,12,22H,1-3H3,(H,23,24). The van der Waals surface area contributed by atoms with Gasteiger partial charge < -0.3 is 15.0 Å². The Labute approximate surface area is 146 Å². The van der Waals surface area contributed by atoms with E-state index in [4.69, 9.17) is 10.00 Å². The normalized spacial score (nSPS) is 11.1. The van der Waals surface area contributed by atoms with Crippen molar-refractivity contribution in [1.82, 2.24) is 4.98 Å². The zero-order chi connectivity index (χ0) is 18.0. The van der Waals surface area contributed by atoms with Gasteiger partial charge in [-0.15, -0.1) is 0 Å². The van der Waals surface area contributed by atoms with Crippen molar-refractivity contribution >= 4 is 22.5 Å². The smallest absolute Gasteiger partial charge is 0.234 e. The second-order valence-corrected chi connectivity index (χ2v) is 6.38. The molecule has 1 amide bonds. The molecule has 0 aliphatic carbocycles. The number of ether oxygens (including phenoxy) is 1. The monoisotopic (exact) mass is 333 g/mol. The summed E-state index contributed by atoms with van der Waals surface area (Å²) in [6.07, 6.45) is 1.86. The number of fused-ring (bicyclic) bond motifs is 1. The van der Waals surface area contributed by atoms with Crippen molar-refractivity contribution in [3.63, 3.8) is 0 Å². The molecule has 0 unspecified atom stereocenters. The highest BCUT2D eigenvalue weighted by Crippen LogP contribution is 2.33. The van der Waals surface area contributed by atoms with Crippen LogP contribution in [0.5, 0.6) is 5.75 Å². The number of methoxy groups -OCH3 is 1. The number of nitrogens with zero attached hydrogens (tertiary/aromatic N) is 1. The van der Waals surface area contributed by atoms with Crippen LogP contribution in [0.15, 0.2) is 48.7 Å². The van der Waals surface area contributed by atoms with E-state index in [0.29, 0.717) is 11.3 Å². The first-order valence-electron chi connectivity index (χ1n) is 7.93. The first-order valence-corrected chi connectivity index (χ1v) is 7.93.